The third-order valence-electron chi connectivity index (χ3n) is 8.87. The van der Waals surface area contributed by atoms with Gasteiger partial charge in [0.2, 0.25) is 5.95 Å². The van der Waals surface area contributed by atoms with Gasteiger partial charge in [0.25, 0.3) is 0 Å². The van der Waals surface area contributed by atoms with E-state index >= 15 is 4.39 Å². The van der Waals surface area contributed by atoms with E-state index in [1.165, 1.54) is 19.3 Å². The Morgan fingerprint density at radius 2 is 2.06 bits per heavy atom. The molecule has 4 heterocycles. The molecule has 2 aromatic heterocycles. The summed E-state index contributed by atoms with van der Waals surface area (Å²) in [4.78, 5) is 11.2. The number of ether oxygens (including phenoxy) is 1. The third kappa shape index (κ3) is 3.55. The summed E-state index contributed by atoms with van der Waals surface area (Å²) in [6.07, 6.45) is 6.26. The predicted molar refractivity (Wildman–Crippen MR) is 135 cm³/mol. The summed E-state index contributed by atoms with van der Waals surface area (Å²) in [5.74, 6) is 1.05. The van der Waals surface area contributed by atoms with E-state index in [0.717, 1.165) is 33.8 Å². The molecule has 0 radical (unpaired) electrons. The van der Waals surface area contributed by atoms with Crippen molar-refractivity contribution in [2.24, 2.45) is 5.92 Å². The Bertz CT molecular complexity index is 1320. The molecule has 2 N–H and O–H groups in total. The van der Waals surface area contributed by atoms with Gasteiger partial charge in [-0.05, 0) is 62.8 Å². The van der Waals surface area contributed by atoms with Gasteiger partial charge in [0.05, 0.1) is 54.0 Å². The number of fused-ring (bicyclic) bond motifs is 1. The number of nitrogens with zero attached hydrogens (tertiary/aromatic N) is 5. The van der Waals surface area contributed by atoms with Crippen molar-refractivity contribution in [3.05, 3.63) is 40.8 Å². The first kappa shape index (κ1) is 22.8. The highest BCUT2D eigenvalue weighted by atomic mass is 35.5. The fraction of sp³-hybridized carbons (Fsp3) is 0.577. The SMILES string of the molecule is Cc1c(Nc2ncc3cc(Cl)c(C4CCN(C5COC[C@H]5O)CC4F)cc3n2)cnn1C12CC(C1)C2. The number of aliphatic hydroxyl groups excluding tert-OH is 1. The largest absolute Gasteiger partial charge is 0.389 e. The number of alkyl halides is 1. The number of aromatic nitrogens is 4. The molecule has 3 unspecified atom stereocenters. The number of benzene rings is 1. The molecule has 3 aliphatic carbocycles. The maximum atomic E-state index is 15.4. The van der Waals surface area contributed by atoms with Gasteiger partial charge in [-0.25, -0.2) is 14.4 Å². The molecule has 0 spiro atoms. The second-order valence-corrected chi connectivity index (χ2v) is 11.5. The first-order chi connectivity index (χ1) is 17.4. The van der Waals surface area contributed by atoms with Crippen LogP contribution in [-0.4, -0.2) is 74.4 Å². The number of likely N-dealkylation sites (tertiary alicyclic amines) is 1. The van der Waals surface area contributed by atoms with Crippen LogP contribution in [0.1, 0.15) is 42.9 Å². The van der Waals surface area contributed by atoms with E-state index < -0.39 is 12.3 Å². The normalized spacial score (nSPS) is 33.9. The Balaban J connectivity index is 1.12. The molecule has 3 saturated carbocycles. The van der Waals surface area contributed by atoms with E-state index in [1.54, 1.807) is 6.20 Å². The van der Waals surface area contributed by atoms with Crippen LogP contribution in [-0.2, 0) is 10.3 Å². The van der Waals surface area contributed by atoms with Crippen molar-refractivity contribution in [3.8, 4) is 0 Å². The highest BCUT2D eigenvalue weighted by Gasteiger charge is 2.59. The maximum Gasteiger partial charge on any atom is 0.227 e. The highest BCUT2D eigenvalue weighted by molar-refractivity contribution is 6.32. The highest BCUT2D eigenvalue weighted by Crippen LogP contribution is 2.62. The van der Waals surface area contributed by atoms with Crippen molar-refractivity contribution in [1.82, 2.24) is 24.6 Å². The zero-order valence-electron chi connectivity index (χ0n) is 20.2. The number of nitrogens with one attached hydrogen (secondary N) is 1. The smallest absolute Gasteiger partial charge is 0.227 e. The predicted octanol–water partition coefficient (Wildman–Crippen LogP) is 3.93. The van der Waals surface area contributed by atoms with Crippen LogP contribution in [0.25, 0.3) is 10.9 Å². The van der Waals surface area contributed by atoms with Gasteiger partial charge in [-0.1, -0.05) is 11.6 Å². The second-order valence-electron chi connectivity index (χ2n) is 11.1. The van der Waals surface area contributed by atoms with Crippen LogP contribution < -0.4 is 5.32 Å². The van der Waals surface area contributed by atoms with Crippen LogP contribution in [0.2, 0.25) is 5.02 Å². The van der Waals surface area contributed by atoms with E-state index in [0.29, 0.717) is 37.2 Å². The lowest BCUT2D eigenvalue weighted by atomic mass is 9.50. The molecule has 1 aromatic carbocycles. The molecule has 2 bridgehead atoms. The summed E-state index contributed by atoms with van der Waals surface area (Å²) in [7, 11) is 0. The van der Waals surface area contributed by atoms with Crippen molar-refractivity contribution < 1.29 is 14.2 Å². The Morgan fingerprint density at radius 3 is 2.75 bits per heavy atom. The van der Waals surface area contributed by atoms with Crippen LogP contribution in [0.5, 0.6) is 0 Å². The fourth-order valence-electron chi connectivity index (χ4n) is 6.70. The standard InChI is InChI=1S/C26H30ClFN6O2/c1-14-22(10-30-34(14)26-6-15(7-26)8-26)32-25-29-9-16-4-19(27)18(5-21(16)31-25)17-2-3-33(11-20(17)28)23-12-36-13-24(23)35/h4-5,9-10,15,17,20,23-24,35H,2-3,6-8,11-13H2,1H3,(H,29,31,32)/t15?,17?,20?,23?,24-,26?/m1/s1. The molecule has 4 atom stereocenters. The van der Waals surface area contributed by atoms with Crippen LogP contribution in [0.3, 0.4) is 0 Å². The van der Waals surface area contributed by atoms with Gasteiger partial charge < -0.3 is 15.2 Å². The summed E-state index contributed by atoms with van der Waals surface area (Å²) in [5, 5.41) is 19.5. The Labute approximate surface area is 213 Å². The molecule has 190 valence electrons. The van der Waals surface area contributed by atoms with Gasteiger partial charge in [-0.3, -0.25) is 9.58 Å². The number of halogens is 2. The third-order valence-corrected chi connectivity index (χ3v) is 9.20. The van der Waals surface area contributed by atoms with Crippen molar-refractivity contribution in [3.63, 3.8) is 0 Å². The maximum absolute atomic E-state index is 15.4. The Morgan fingerprint density at radius 1 is 1.22 bits per heavy atom. The minimum atomic E-state index is -1.09. The van der Waals surface area contributed by atoms with Crippen LogP contribution in [0, 0.1) is 12.8 Å². The van der Waals surface area contributed by atoms with E-state index in [4.69, 9.17) is 21.3 Å². The average Bonchev–Trinajstić information content (AvgIpc) is 3.38. The zero-order valence-corrected chi connectivity index (χ0v) is 21.0. The summed E-state index contributed by atoms with van der Waals surface area (Å²) >= 11 is 6.62. The van der Waals surface area contributed by atoms with Crippen molar-refractivity contribution in [1.29, 1.82) is 0 Å². The fourth-order valence-corrected chi connectivity index (χ4v) is 7.01. The summed E-state index contributed by atoms with van der Waals surface area (Å²) in [6.45, 7) is 3.79. The van der Waals surface area contributed by atoms with Crippen LogP contribution >= 0.6 is 11.6 Å². The molecule has 8 nitrogen and oxygen atoms in total. The molecule has 5 aliphatic rings. The van der Waals surface area contributed by atoms with E-state index in [1.807, 2.05) is 23.2 Å². The second kappa shape index (κ2) is 8.34. The summed E-state index contributed by atoms with van der Waals surface area (Å²) < 4.78 is 22.9. The minimum Gasteiger partial charge on any atom is -0.389 e. The van der Waals surface area contributed by atoms with E-state index in [9.17, 15) is 5.11 Å². The number of rotatable bonds is 5. The minimum absolute atomic E-state index is 0.139. The van der Waals surface area contributed by atoms with E-state index in [2.05, 4.69) is 27.0 Å². The van der Waals surface area contributed by atoms with E-state index in [-0.39, 0.29) is 24.0 Å². The first-order valence-electron chi connectivity index (χ1n) is 12.8. The molecule has 36 heavy (non-hydrogen) atoms. The molecular formula is C26H30ClFN6O2. The van der Waals surface area contributed by atoms with Crippen molar-refractivity contribution in [2.75, 3.05) is 31.6 Å². The average molecular weight is 513 g/mol. The summed E-state index contributed by atoms with van der Waals surface area (Å²) in [6, 6.07) is 3.60. The van der Waals surface area contributed by atoms with Crippen LogP contribution in [0.4, 0.5) is 16.0 Å². The Hall–Kier alpha value is -2.33. The van der Waals surface area contributed by atoms with Gasteiger partial charge in [0, 0.05) is 29.1 Å². The lowest BCUT2D eigenvalue weighted by Crippen LogP contribution is -2.60. The molecule has 0 amide bonds. The quantitative estimate of drug-likeness (QED) is 0.535. The van der Waals surface area contributed by atoms with Crippen molar-refractivity contribution >= 4 is 34.1 Å². The lowest BCUT2D eigenvalue weighted by Gasteiger charge is -2.61. The molecule has 2 saturated heterocycles. The number of aliphatic hydroxyl groups is 1. The molecule has 5 fully saturated rings. The van der Waals surface area contributed by atoms with Gasteiger partial charge in [-0.2, -0.15) is 5.10 Å². The van der Waals surface area contributed by atoms with Gasteiger partial charge in [0.1, 0.15) is 6.17 Å². The Kier molecular flexibility index (Phi) is 5.29. The van der Waals surface area contributed by atoms with Gasteiger partial charge in [0.15, 0.2) is 0 Å². The molecule has 8 rings (SSSR count). The first-order valence-corrected chi connectivity index (χ1v) is 13.2. The number of anilines is 2. The van der Waals surface area contributed by atoms with Gasteiger partial charge >= 0.3 is 0 Å². The monoisotopic (exact) mass is 512 g/mol. The lowest BCUT2D eigenvalue weighted by molar-refractivity contribution is -0.0990. The van der Waals surface area contributed by atoms with Crippen molar-refractivity contribution in [2.45, 2.75) is 62.4 Å². The number of hydrogen-bond acceptors (Lipinski definition) is 7. The number of hydrogen-bond donors (Lipinski definition) is 2. The topological polar surface area (TPSA) is 88.3 Å². The zero-order chi connectivity index (χ0) is 24.6. The molecule has 3 aromatic rings. The van der Waals surface area contributed by atoms with Gasteiger partial charge in [-0.15, -0.1) is 0 Å². The van der Waals surface area contributed by atoms with Crippen LogP contribution in [0.15, 0.2) is 24.5 Å². The molecular weight excluding hydrogens is 483 g/mol. The summed E-state index contributed by atoms with van der Waals surface area (Å²) in [5.41, 5.74) is 3.73. The molecule has 2 aliphatic heterocycles. The number of piperidine rings is 1. The molecule has 10 heteroatoms.